The summed E-state index contributed by atoms with van der Waals surface area (Å²) in [7, 11) is 0. The Bertz CT molecular complexity index is 1180. The predicted octanol–water partition coefficient (Wildman–Crippen LogP) is 3.00. The average molecular weight is 416 g/mol. The Morgan fingerprint density at radius 2 is 1.61 bits per heavy atom. The van der Waals surface area contributed by atoms with Gasteiger partial charge in [0.15, 0.2) is 5.76 Å². The van der Waals surface area contributed by atoms with Crippen molar-refractivity contribution < 1.29 is 19.1 Å². The van der Waals surface area contributed by atoms with Gasteiger partial charge in [0.05, 0.1) is 17.5 Å². The lowest BCUT2D eigenvalue weighted by atomic mass is 10.2. The summed E-state index contributed by atoms with van der Waals surface area (Å²) in [6.45, 7) is 0.400. The normalized spacial score (nSPS) is 10.6. The zero-order valence-corrected chi connectivity index (χ0v) is 16.5. The van der Waals surface area contributed by atoms with E-state index in [1.165, 1.54) is 12.1 Å². The van der Waals surface area contributed by atoms with Crippen LogP contribution in [0.25, 0.3) is 17.1 Å². The molecule has 4 aromatic rings. The number of furan rings is 1. The summed E-state index contributed by atoms with van der Waals surface area (Å²) >= 11 is 0. The molecule has 0 atom stereocenters. The molecular formula is C23H20N4O4. The number of rotatable bonds is 7. The van der Waals surface area contributed by atoms with E-state index >= 15 is 0 Å². The van der Waals surface area contributed by atoms with E-state index in [1.54, 1.807) is 41.3 Å². The molecule has 31 heavy (non-hydrogen) atoms. The maximum absolute atomic E-state index is 12.8. The highest BCUT2D eigenvalue weighted by atomic mass is 16.3. The van der Waals surface area contributed by atoms with Gasteiger partial charge in [-0.25, -0.2) is 4.68 Å². The summed E-state index contributed by atoms with van der Waals surface area (Å²) in [5.41, 5.74) is 1.79. The van der Waals surface area contributed by atoms with Gasteiger partial charge in [0.2, 0.25) is 0 Å². The first-order valence-electron chi connectivity index (χ1n) is 9.67. The molecule has 0 saturated heterocycles. The molecule has 0 fully saturated rings. The molecule has 0 aliphatic rings. The first-order valence-corrected chi connectivity index (χ1v) is 9.67. The number of hydrogen-bond acceptors (Lipinski definition) is 5. The largest absolute Gasteiger partial charge is 0.507 e. The van der Waals surface area contributed by atoms with Crippen LogP contribution < -0.4 is 10.6 Å². The number of phenols is 1. The second kappa shape index (κ2) is 9.00. The molecule has 2 heterocycles. The molecule has 4 rings (SSSR count). The number of carbonyl (C=O) groups is 2. The summed E-state index contributed by atoms with van der Waals surface area (Å²) in [4.78, 5) is 25.0. The van der Waals surface area contributed by atoms with Gasteiger partial charge in [0.1, 0.15) is 17.1 Å². The molecule has 0 saturated carbocycles. The number of nitrogens with one attached hydrogen (secondary N) is 2. The van der Waals surface area contributed by atoms with Gasteiger partial charge in [0.25, 0.3) is 11.8 Å². The van der Waals surface area contributed by atoms with Crippen LogP contribution in [0.15, 0.2) is 83.5 Å². The number of benzene rings is 2. The minimum absolute atomic E-state index is 0.0961. The van der Waals surface area contributed by atoms with E-state index in [1.807, 2.05) is 30.3 Å². The van der Waals surface area contributed by atoms with Crippen molar-refractivity contribution in [2.45, 2.75) is 0 Å². The first kappa shape index (κ1) is 20.0. The molecule has 2 aromatic heterocycles. The van der Waals surface area contributed by atoms with Crippen LogP contribution in [-0.2, 0) is 0 Å². The molecule has 8 heteroatoms. The van der Waals surface area contributed by atoms with Gasteiger partial charge in [0, 0.05) is 19.2 Å². The molecular weight excluding hydrogens is 396 g/mol. The summed E-state index contributed by atoms with van der Waals surface area (Å²) in [5, 5.41) is 19.7. The fourth-order valence-corrected chi connectivity index (χ4v) is 3.06. The van der Waals surface area contributed by atoms with E-state index in [0.29, 0.717) is 17.1 Å². The van der Waals surface area contributed by atoms with E-state index < -0.39 is 5.91 Å². The number of phenolic OH excluding ortho intramolecular Hbond substituents is 1. The van der Waals surface area contributed by atoms with Crippen molar-refractivity contribution in [2.24, 2.45) is 0 Å². The van der Waals surface area contributed by atoms with Crippen molar-refractivity contribution in [1.82, 2.24) is 20.4 Å². The number of carbonyl (C=O) groups excluding carboxylic acids is 2. The lowest BCUT2D eigenvalue weighted by molar-refractivity contribution is 0.0922. The molecule has 2 amide bonds. The maximum Gasteiger partial charge on any atom is 0.270 e. The number of para-hydroxylation sites is 2. The molecule has 0 radical (unpaired) electrons. The number of aromatic hydroxyl groups is 1. The third kappa shape index (κ3) is 4.48. The summed E-state index contributed by atoms with van der Waals surface area (Å²) in [6, 6.07) is 20.8. The van der Waals surface area contributed by atoms with Crippen LogP contribution in [0.5, 0.6) is 5.75 Å². The van der Waals surface area contributed by atoms with E-state index in [-0.39, 0.29) is 30.3 Å². The monoisotopic (exact) mass is 416 g/mol. The van der Waals surface area contributed by atoms with Gasteiger partial charge >= 0.3 is 0 Å². The minimum Gasteiger partial charge on any atom is -0.507 e. The second-order valence-electron chi connectivity index (χ2n) is 6.67. The van der Waals surface area contributed by atoms with Gasteiger partial charge in [-0.05, 0) is 36.4 Å². The second-order valence-corrected chi connectivity index (χ2v) is 6.67. The predicted molar refractivity (Wildman–Crippen MR) is 114 cm³/mol. The van der Waals surface area contributed by atoms with E-state index in [2.05, 4.69) is 15.7 Å². The van der Waals surface area contributed by atoms with Crippen LogP contribution >= 0.6 is 0 Å². The molecule has 0 spiro atoms. The summed E-state index contributed by atoms with van der Waals surface area (Å²) in [5.74, 6) is -0.298. The average Bonchev–Trinajstić information content (AvgIpc) is 3.47. The van der Waals surface area contributed by atoms with E-state index in [9.17, 15) is 14.7 Å². The topological polar surface area (TPSA) is 109 Å². The highest BCUT2D eigenvalue weighted by Crippen LogP contribution is 2.22. The van der Waals surface area contributed by atoms with Crippen LogP contribution in [0, 0.1) is 0 Å². The Balaban J connectivity index is 1.44. The first-order chi connectivity index (χ1) is 15.1. The van der Waals surface area contributed by atoms with Gasteiger partial charge in [-0.15, -0.1) is 0 Å². The Morgan fingerprint density at radius 3 is 2.32 bits per heavy atom. The van der Waals surface area contributed by atoms with Crippen LogP contribution in [0.2, 0.25) is 0 Å². The fourth-order valence-electron chi connectivity index (χ4n) is 3.06. The highest BCUT2D eigenvalue weighted by molar-refractivity contribution is 5.97. The fraction of sp³-hybridized carbons (Fsp3) is 0.0870. The van der Waals surface area contributed by atoms with Crippen LogP contribution in [0.1, 0.15) is 20.8 Å². The van der Waals surface area contributed by atoms with Crippen LogP contribution in [0.4, 0.5) is 0 Å². The molecule has 2 aromatic carbocycles. The van der Waals surface area contributed by atoms with Gasteiger partial charge in [-0.1, -0.05) is 30.3 Å². The zero-order valence-electron chi connectivity index (χ0n) is 16.5. The quantitative estimate of drug-likeness (QED) is 0.401. The van der Waals surface area contributed by atoms with Crippen molar-refractivity contribution in [2.75, 3.05) is 13.1 Å². The smallest absolute Gasteiger partial charge is 0.270 e. The Kier molecular flexibility index (Phi) is 5.79. The van der Waals surface area contributed by atoms with Gasteiger partial charge < -0.3 is 20.2 Å². The minimum atomic E-state index is -0.415. The van der Waals surface area contributed by atoms with E-state index in [0.717, 1.165) is 5.69 Å². The molecule has 8 nitrogen and oxygen atoms in total. The number of amides is 2. The molecule has 0 bridgehead atoms. The van der Waals surface area contributed by atoms with E-state index in [4.69, 9.17) is 4.42 Å². The van der Waals surface area contributed by atoms with Crippen molar-refractivity contribution in [3.05, 3.63) is 90.3 Å². The number of aromatic nitrogens is 2. The lowest BCUT2D eigenvalue weighted by Crippen LogP contribution is -2.35. The molecule has 0 aliphatic carbocycles. The molecule has 0 aliphatic heterocycles. The van der Waals surface area contributed by atoms with Crippen LogP contribution in [0.3, 0.4) is 0 Å². The van der Waals surface area contributed by atoms with Crippen molar-refractivity contribution in [3.63, 3.8) is 0 Å². The van der Waals surface area contributed by atoms with Crippen LogP contribution in [-0.4, -0.2) is 39.8 Å². The van der Waals surface area contributed by atoms with Crippen molar-refractivity contribution >= 4 is 11.8 Å². The third-order valence-electron chi connectivity index (χ3n) is 4.56. The highest BCUT2D eigenvalue weighted by Gasteiger charge is 2.18. The standard InChI is InChI=1S/C23H20N4O4/c28-20-10-5-4-9-17(20)22(29)24-12-13-25-23(30)19-15-18(21-11-6-14-31-21)26-27(19)16-7-2-1-3-8-16/h1-11,14-15,28H,12-13H2,(H,24,29)(H,25,30). The lowest BCUT2D eigenvalue weighted by Gasteiger charge is -2.09. The maximum atomic E-state index is 12.8. The SMILES string of the molecule is O=C(NCCNC(=O)c1cc(-c2ccco2)nn1-c1ccccc1)c1ccccc1O. The Hall–Kier alpha value is -4.33. The third-order valence-corrected chi connectivity index (χ3v) is 4.56. The van der Waals surface area contributed by atoms with Gasteiger partial charge in [-0.3, -0.25) is 9.59 Å². The zero-order chi connectivity index (χ0) is 21.6. The number of nitrogens with zero attached hydrogens (tertiary/aromatic N) is 2. The van der Waals surface area contributed by atoms with Crippen molar-refractivity contribution in [3.8, 4) is 22.9 Å². The Labute approximate surface area is 178 Å². The summed E-state index contributed by atoms with van der Waals surface area (Å²) in [6.07, 6.45) is 1.55. The van der Waals surface area contributed by atoms with Crippen molar-refractivity contribution in [1.29, 1.82) is 0 Å². The summed E-state index contributed by atoms with van der Waals surface area (Å²) < 4.78 is 6.95. The molecule has 3 N–H and O–H groups in total. The molecule has 156 valence electrons. The Morgan fingerprint density at radius 1 is 0.903 bits per heavy atom. The number of hydrogen-bond donors (Lipinski definition) is 3. The molecule has 0 unspecified atom stereocenters. The van der Waals surface area contributed by atoms with Gasteiger partial charge in [-0.2, -0.15) is 5.10 Å².